The van der Waals surface area contributed by atoms with Crippen LogP contribution in [0, 0.1) is 3.57 Å². The molecule has 0 saturated carbocycles. The van der Waals surface area contributed by atoms with Gasteiger partial charge >= 0.3 is 0 Å². The number of hydrogen-bond acceptors (Lipinski definition) is 3. The molecule has 13 heavy (non-hydrogen) atoms. The Morgan fingerprint density at radius 3 is 2.92 bits per heavy atom. The van der Waals surface area contributed by atoms with Crippen molar-refractivity contribution in [2.45, 2.75) is 11.5 Å². The van der Waals surface area contributed by atoms with Crippen molar-refractivity contribution in [1.82, 2.24) is 0 Å². The third kappa shape index (κ3) is 1.72. The molecule has 0 saturated heterocycles. The van der Waals surface area contributed by atoms with Crippen molar-refractivity contribution >= 4 is 56.6 Å². The fourth-order valence-corrected chi connectivity index (χ4v) is 3.13. The lowest BCUT2D eigenvalue weighted by atomic mass is 10.2. The lowest BCUT2D eigenvalue weighted by molar-refractivity contribution is 0.281. The Kier molecular flexibility index (Phi) is 2.83. The third-order valence-corrected chi connectivity index (χ3v) is 4.39. The highest BCUT2D eigenvalue weighted by molar-refractivity contribution is 14.1. The lowest BCUT2D eigenvalue weighted by Crippen LogP contribution is -1.86. The number of thiol groups is 1. The summed E-state index contributed by atoms with van der Waals surface area (Å²) < 4.78 is 2.29. The second-order valence-corrected chi connectivity index (χ2v) is 5.27. The second-order valence-electron chi connectivity index (χ2n) is 2.72. The zero-order chi connectivity index (χ0) is 9.42. The molecule has 1 N–H and O–H groups in total. The van der Waals surface area contributed by atoms with Gasteiger partial charge in [-0.05, 0) is 40.3 Å². The molecule has 0 aliphatic rings. The fourth-order valence-electron chi connectivity index (χ4n) is 1.20. The average Bonchev–Trinajstić information content (AvgIpc) is 2.47. The maximum absolute atomic E-state index is 9.07. The van der Waals surface area contributed by atoms with Crippen molar-refractivity contribution in [3.8, 4) is 0 Å². The van der Waals surface area contributed by atoms with Crippen LogP contribution >= 0.6 is 46.6 Å². The minimum Gasteiger partial charge on any atom is -0.392 e. The molecule has 1 aromatic carbocycles. The van der Waals surface area contributed by atoms with E-state index in [0.717, 1.165) is 14.0 Å². The smallest absolute Gasteiger partial charge is 0.0692 e. The molecule has 0 amide bonds. The van der Waals surface area contributed by atoms with Crippen LogP contribution in [-0.4, -0.2) is 5.11 Å². The number of aliphatic hydroxyl groups excluding tert-OH is 1. The summed E-state index contributed by atoms with van der Waals surface area (Å²) in [6.07, 6.45) is 0. The molecule has 0 aliphatic heterocycles. The molecule has 0 fully saturated rings. The monoisotopic (exact) mass is 322 g/mol. The van der Waals surface area contributed by atoms with Crippen molar-refractivity contribution in [3.05, 3.63) is 26.6 Å². The predicted molar refractivity (Wildman–Crippen MR) is 67.7 cm³/mol. The van der Waals surface area contributed by atoms with Crippen LogP contribution in [0.4, 0.5) is 0 Å². The van der Waals surface area contributed by atoms with Crippen LogP contribution in [0.2, 0.25) is 0 Å². The normalized spacial score (nSPS) is 11.0. The highest BCUT2D eigenvalue weighted by atomic mass is 127. The van der Waals surface area contributed by atoms with Crippen molar-refractivity contribution in [2.24, 2.45) is 0 Å². The second kappa shape index (κ2) is 3.76. The minimum absolute atomic E-state index is 0.105. The highest BCUT2D eigenvalue weighted by Crippen LogP contribution is 2.31. The van der Waals surface area contributed by atoms with Crippen LogP contribution in [0.15, 0.2) is 22.4 Å². The Balaban J connectivity index is 2.76. The van der Waals surface area contributed by atoms with E-state index in [0.29, 0.717) is 0 Å². The predicted octanol–water partition coefficient (Wildman–Crippen LogP) is 3.29. The van der Waals surface area contributed by atoms with Gasteiger partial charge in [-0.2, -0.15) is 0 Å². The van der Waals surface area contributed by atoms with Gasteiger partial charge in [-0.3, -0.25) is 0 Å². The molecule has 1 nitrogen and oxygen atoms in total. The zero-order valence-electron chi connectivity index (χ0n) is 6.62. The number of rotatable bonds is 1. The Labute approximate surface area is 99.3 Å². The Bertz CT molecular complexity index is 450. The first-order chi connectivity index (χ1) is 6.22. The van der Waals surface area contributed by atoms with Gasteiger partial charge in [0, 0.05) is 23.9 Å². The Morgan fingerprint density at radius 1 is 1.46 bits per heavy atom. The largest absolute Gasteiger partial charge is 0.392 e. The number of benzene rings is 1. The van der Waals surface area contributed by atoms with Gasteiger partial charge in [-0.1, -0.05) is 0 Å². The summed E-state index contributed by atoms with van der Waals surface area (Å²) in [4.78, 5) is 1.02. The van der Waals surface area contributed by atoms with Crippen molar-refractivity contribution < 1.29 is 5.11 Å². The summed E-state index contributed by atoms with van der Waals surface area (Å²) in [5.74, 6) is 0. The van der Waals surface area contributed by atoms with Crippen LogP contribution in [0.25, 0.3) is 10.1 Å². The zero-order valence-corrected chi connectivity index (χ0v) is 10.5. The van der Waals surface area contributed by atoms with E-state index in [1.807, 2.05) is 11.4 Å². The van der Waals surface area contributed by atoms with Crippen molar-refractivity contribution in [2.75, 3.05) is 0 Å². The Morgan fingerprint density at radius 2 is 2.23 bits per heavy atom. The maximum Gasteiger partial charge on any atom is 0.0692 e. The lowest BCUT2D eigenvalue weighted by Gasteiger charge is -2.00. The molecule has 0 radical (unpaired) electrons. The van der Waals surface area contributed by atoms with E-state index in [2.05, 4.69) is 41.3 Å². The van der Waals surface area contributed by atoms with E-state index in [9.17, 15) is 0 Å². The molecule has 2 rings (SSSR count). The number of fused-ring (bicyclic) bond motifs is 1. The first kappa shape index (κ1) is 9.76. The van der Waals surface area contributed by atoms with E-state index in [4.69, 9.17) is 5.11 Å². The van der Waals surface area contributed by atoms with Gasteiger partial charge in [0.1, 0.15) is 0 Å². The Hall–Kier alpha value is 0.220. The van der Waals surface area contributed by atoms with Crippen LogP contribution in [0.5, 0.6) is 0 Å². The summed E-state index contributed by atoms with van der Waals surface area (Å²) in [6, 6.07) is 4.10. The highest BCUT2D eigenvalue weighted by Gasteiger charge is 2.05. The number of aliphatic hydroxyl groups is 1. The van der Waals surface area contributed by atoms with Gasteiger partial charge in [-0.15, -0.1) is 24.0 Å². The van der Waals surface area contributed by atoms with Gasteiger partial charge < -0.3 is 5.11 Å². The summed E-state index contributed by atoms with van der Waals surface area (Å²) in [5, 5.41) is 12.3. The van der Waals surface area contributed by atoms with Crippen LogP contribution in [-0.2, 0) is 6.61 Å². The maximum atomic E-state index is 9.07. The number of halogens is 1. The van der Waals surface area contributed by atoms with Crippen molar-refractivity contribution in [1.29, 1.82) is 0 Å². The van der Waals surface area contributed by atoms with Gasteiger partial charge in [0.2, 0.25) is 0 Å². The number of thiophene rings is 1. The number of hydrogen-bond donors (Lipinski definition) is 2. The van der Waals surface area contributed by atoms with E-state index in [1.165, 1.54) is 10.1 Å². The van der Waals surface area contributed by atoms with E-state index >= 15 is 0 Å². The van der Waals surface area contributed by atoms with Gasteiger partial charge in [0.25, 0.3) is 0 Å². The quantitative estimate of drug-likeness (QED) is 0.610. The fraction of sp³-hybridized carbons (Fsp3) is 0.111. The molecule has 0 atom stereocenters. The molecule has 68 valence electrons. The van der Waals surface area contributed by atoms with Gasteiger partial charge in [0.15, 0.2) is 0 Å². The molecule has 0 aliphatic carbocycles. The summed E-state index contributed by atoms with van der Waals surface area (Å²) in [6.45, 7) is 0.105. The average molecular weight is 322 g/mol. The molecular formula is C9H7IOS2. The molecule has 0 unspecified atom stereocenters. The summed E-state index contributed by atoms with van der Waals surface area (Å²) >= 11 is 8.25. The molecule has 1 heterocycles. The van der Waals surface area contributed by atoms with E-state index < -0.39 is 0 Å². The van der Waals surface area contributed by atoms with E-state index in [1.54, 1.807) is 11.3 Å². The first-order valence-corrected chi connectivity index (χ1v) is 6.12. The van der Waals surface area contributed by atoms with Crippen LogP contribution in [0.1, 0.15) is 5.56 Å². The van der Waals surface area contributed by atoms with E-state index in [-0.39, 0.29) is 6.61 Å². The molecule has 2 aromatic rings. The minimum atomic E-state index is 0.105. The molecule has 1 aromatic heterocycles. The molecular weight excluding hydrogens is 315 g/mol. The SMILES string of the molecule is OCc1cc2scc(S)c2cc1I. The molecule has 0 spiro atoms. The van der Waals surface area contributed by atoms with Gasteiger partial charge in [0.05, 0.1) is 6.61 Å². The van der Waals surface area contributed by atoms with Crippen molar-refractivity contribution in [3.63, 3.8) is 0 Å². The summed E-state index contributed by atoms with van der Waals surface area (Å²) in [5.41, 5.74) is 0.989. The summed E-state index contributed by atoms with van der Waals surface area (Å²) in [7, 11) is 0. The molecule has 0 bridgehead atoms. The van der Waals surface area contributed by atoms with Gasteiger partial charge in [-0.25, -0.2) is 0 Å². The standard InChI is InChI=1S/C9H7IOS2/c10-7-2-6-8(12)4-13-9(6)1-5(7)3-11/h1-2,4,11-12H,3H2. The third-order valence-electron chi connectivity index (χ3n) is 1.89. The topological polar surface area (TPSA) is 20.2 Å². The van der Waals surface area contributed by atoms with Crippen LogP contribution in [0.3, 0.4) is 0 Å². The molecule has 4 heteroatoms. The van der Waals surface area contributed by atoms with Crippen LogP contribution < -0.4 is 0 Å². The first-order valence-electron chi connectivity index (χ1n) is 3.72.